The summed E-state index contributed by atoms with van der Waals surface area (Å²) >= 11 is 1.41. The first kappa shape index (κ1) is 21.3. The van der Waals surface area contributed by atoms with Crippen LogP contribution in [0.25, 0.3) is 0 Å². The van der Waals surface area contributed by atoms with Gasteiger partial charge in [-0.25, -0.2) is 0 Å². The van der Waals surface area contributed by atoms with E-state index >= 15 is 0 Å². The second-order valence-electron chi connectivity index (χ2n) is 7.93. The molecule has 5 nitrogen and oxygen atoms in total. The third kappa shape index (κ3) is 5.14. The minimum Gasteiger partial charge on any atom is -0.337 e. The lowest BCUT2D eigenvalue weighted by molar-refractivity contribution is -0.121. The van der Waals surface area contributed by atoms with Gasteiger partial charge in [-0.2, -0.15) is 0 Å². The minimum atomic E-state index is -1.08. The van der Waals surface area contributed by atoms with E-state index in [-0.39, 0.29) is 11.8 Å². The van der Waals surface area contributed by atoms with Crippen molar-refractivity contribution in [2.75, 3.05) is 25.5 Å². The summed E-state index contributed by atoms with van der Waals surface area (Å²) in [6.45, 7) is 9.50. The van der Waals surface area contributed by atoms with Crippen LogP contribution in [0.1, 0.15) is 39.0 Å². The lowest BCUT2D eigenvalue weighted by atomic mass is 9.95. The van der Waals surface area contributed by atoms with Gasteiger partial charge in [0.25, 0.3) is 5.91 Å². The van der Waals surface area contributed by atoms with E-state index < -0.39 is 5.54 Å². The Morgan fingerprint density at radius 2 is 1.93 bits per heavy atom. The van der Waals surface area contributed by atoms with Gasteiger partial charge in [0.15, 0.2) is 0 Å². The van der Waals surface area contributed by atoms with Gasteiger partial charge in [-0.1, -0.05) is 12.1 Å². The molecule has 3 rings (SSSR count). The number of fused-ring (bicyclic) bond motifs is 1. The second-order valence-corrected chi connectivity index (χ2v) is 9.22. The van der Waals surface area contributed by atoms with Crippen LogP contribution in [-0.4, -0.2) is 42.4 Å². The van der Waals surface area contributed by atoms with Crippen LogP contribution >= 0.6 is 11.3 Å². The van der Waals surface area contributed by atoms with Gasteiger partial charge in [-0.3, -0.25) is 9.59 Å². The average molecular weight is 412 g/mol. The number of rotatable bonds is 6. The zero-order chi connectivity index (χ0) is 21.0. The number of benzene rings is 1. The molecule has 29 heavy (non-hydrogen) atoms. The predicted octanol–water partition coefficient (Wildman–Crippen LogP) is 3.79. The predicted molar refractivity (Wildman–Crippen MR) is 120 cm³/mol. The lowest BCUT2D eigenvalue weighted by Crippen LogP contribution is -2.54. The summed E-state index contributed by atoms with van der Waals surface area (Å²) in [6, 6.07) is 9.79. The lowest BCUT2D eigenvalue weighted by Gasteiger charge is -2.28. The normalized spacial score (nSPS) is 16.2. The third-order valence-electron chi connectivity index (χ3n) is 5.40. The number of amides is 2. The Morgan fingerprint density at radius 1 is 1.21 bits per heavy atom. The Kier molecular flexibility index (Phi) is 6.55. The maximum atomic E-state index is 13.1. The van der Waals surface area contributed by atoms with Crippen LogP contribution in [0, 0.1) is 6.92 Å². The van der Waals surface area contributed by atoms with Crippen molar-refractivity contribution < 1.29 is 9.59 Å². The van der Waals surface area contributed by atoms with Crippen LogP contribution < -0.4 is 10.6 Å². The number of hydrogen-bond donors (Lipinski definition) is 2. The monoisotopic (exact) mass is 411 g/mol. The molecule has 1 unspecified atom stereocenters. The number of carbonyl (C=O) groups excluding carboxylic acids is 2. The van der Waals surface area contributed by atoms with E-state index in [2.05, 4.69) is 41.3 Å². The Morgan fingerprint density at radius 3 is 2.59 bits per heavy atom. The van der Waals surface area contributed by atoms with Crippen molar-refractivity contribution >= 4 is 28.8 Å². The molecule has 0 radical (unpaired) electrons. The minimum absolute atomic E-state index is 0.243. The highest BCUT2D eigenvalue weighted by Crippen LogP contribution is 2.23. The van der Waals surface area contributed by atoms with Crippen LogP contribution in [0.3, 0.4) is 0 Å². The van der Waals surface area contributed by atoms with Gasteiger partial charge in [0.05, 0.1) is 4.88 Å². The molecular weight excluding hydrogens is 382 g/mol. The molecule has 2 amide bonds. The summed E-state index contributed by atoms with van der Waals surface area (Å²) in [5.74, 6) is -0.489. The molecule has 1 atom stereocenters. The SMILES string of the molecule is C=CCC(C)(NC(=O)c1ccc(C)s1)C(=O)Nc1ccc2c(c1)CCN(C)CC2. The van der Waals surface area contributed by atoms with Crippen molar-refractivity contribution in [3.63, 3.8) is 0 Å². The molecular formula is C23H29N3O2S. The highest BCUT2D eigenvalue weighted by molar-refractivity contribution is 7.13. The second kappa shape index (κ2) is 8.93. The summed E-state index contributed by atoms with van der Waals surface area (Å²) in [6.07, 6.45) is 3.98. The van der Waals surface area contributed by atoms with Crippen LogP contribution in [0.15, 0.2) is 43.0 Å². The molecule has 0 fully saturated rings. The first-order valence-corrected chi connectivity index (χ1v) is 10.7. The van der Waals surface area contributed by atoms with Crippen LogP contribution in [0.4, 0.5) is 5.69 Å². The number of anilines is 1. The van der Waals surface area contributed by atoms with Crippen molar-refractivity contribution in [2.24, 2.45) is 0 Å². The number of thiophene rings is 1. The average Bonchev–Trinajstić information content (AvgIpc) is 3.03. The maximum Gasteiger partial charge on any atom is 0.262 e. The molecule has 0 aliphatic carbocycles. The van der Waals surface area contributed by atoms with Crippen LogP contribution in [0.2, 0.25) is 0 Å². The van der Waals surface area contributed by atoms with Crippen LogP contribution in [0.5, 0.6) is 0 Å². The first-order chi connectivity index (χ1) is 13.8. The molecule has 2 N–H and O–H groups in total. The van der Waals surface area contributed by atoms with E-state index in [9.17, 15) is 9.59 Å². The topological polar surface area (TPSA) is 61.4 Å². The van der Waals surface area contributed by atoms with Crippen molar-refractivity contribution in [3.8, 4) is 0 Å². The fourth-order valence-corrected chi connectivity index (χ4v) is 4.30. The Hall–Kier alpha value is -2.44. The molecule has 1 aromatic carbocycles. The molecule has 0 saturated carbocycles. The summed E-state index contributed by atoms with van der Waals surface area (Å²) in [7, 11) is 2.13. The van der Waals surface area contributed by atoms with Gasteiger partial charge in [0.1, 0.15) is 5.54 Å². The molecule has 1 aliphatic heterocycles. The van der Waals surface area contributed by atoms with E-state index in [0.717, 1.165) is 36.5 Å². The van der Waals surface area contributed by atoms with Gasteiger partial charge >= 0.3 is 0 Å². The van der Waals surface area contributed by atoms with Crippen LogP contribution in [-0.2, 0) is 17.6 Å². The highest BCUT2D eigenvalue weighted by Gasteiger charge is 2.34. The summed E-state index contributed by atoms with van der Waals surface area (Å²) in [5.41, 5.74) is 2.29. The Labute approximate surface area is 176 Å². The van der Waals surface area contributed by atoms with Crippen molar-refractivity contribution in [1.82, 2.24) is 10.2 Å². The molecule has 1 aromatic heterocycles. The highest BCUT2D eigenvalue weighted by atomic mass is 32.1. The fraction of sp³-hybridized carbons (Fsp3) is 0.391. The number of hydrogen-bond acceptors (Lipinski definition) is 4. The molecule has 0 spiro atoms. The Bertz CT molecular complexity index is 921. The largest absolute Gasteiger partial charge is 0.337 e. The summed E-state index contributed by atoms with van der Waals surface area (Å²) in [4.78, 5) is 29.7. The van der Waals surface area contributed by atoms with Crippen molar-refractivity contribution in [1.29, 1.82) is 0 Å². The smallest absolute Gasteiger partial charge is 0.262 e. The number of aryl methyl sites for hydroxylation is 1. The quantitative estimate of drug-likeness (QED) is 0.711. The maximum absolute atomic E-state index is 13.1. The van der Waals surface area contributed by atoms with E-state index in [0.29, 0.717) is 11.3 Å². The standard InChI is InChI=1S/C23H29N3O2S/c1-5-12-23(3,25-21(27)20-9-6-16(2)29-20)22(28)24-19-8-7-17-10-13-26(4)14-11-18(17)15-19/h5-9,15H,1,10-14H2,2-4H3,(H,24,28)(H,25,27). The Balaban J connectivity index is 1.75. The van der Waals surface area contributed by atoms with Gasteiger partial charge in [0, 0.05) is 23.7 Å². The fourth-order valence-electron chi connectivity index (χ4n) is 3.54. The summed E-state index contributed by atoms with van der Waals surface area (Å²) < 4.78 is 0. The zero-order valence-corrected chi connectivity index (χ0v) is 18.2. The summed E-state index contributed by atoms with van der Waals surface area (Å²) in [5, 5.41) is 5.90. The number of nitrogens with one attached hydrogen (secondary N) is 2. The van der Waals surface area contributed by atoms with E-state index in [1.165, 1.54) is 22.5 Å². The first-order valence-electron chi connectivity index (χ1n) is 9.92. The van der Waals surface area contributed by atoms with E-state index in [1.807, 2.05) is 19.1 Å². The number of likely N-dealkylation sites (N-methyl/N-ethyl adjacent to an activating group) is 1. The van der Waals surface area contributed by atoms with Gasteiger partial charge in [-0.15, -0.1) is 17.9 Å². The molecule has 2 heterocycles. The van der Waals surface area contributed by atoms with Crippen molar-refractivity contribution in [3.05, 3.63) is 63.9 Å². The molecule has 154 valence electrons. The number of nitrogens with zero attached hydrogens (tertiary/aromatic N) is 1. The molecule has 6 heteroatoms. The molecule has 0 saturated heterocycles. The van der Waals surface area contributed by atoms with Crippen molar-refractivity contribution in [2.45, 2.75) is 38.6 Å². The molecule has 2 aromatic rings. The molecule has 0 bridgehead atoms. The third-order valence-corrected chi connectivity index (χ3v) is 6.40. The van der Waals surface area contributed by atoms with E-state index in [4.69, 9.17) is 0 Å². The van der Waals surface area contributed by atoms with E-state index in [1.54, 1.807) is 19.1 Å². The number of carbonyl (C=O) groups is 2. The van der Waals surface area contributed by atoms with Gasteiger partial charge < -0.3 is 15.5 Å². The van der Waals surface area contributed by atoms with Gasteiger partial charge in [0.2, 0.25) is 5.91 Å². The molecule has 1 aliphatic rings. The zero-order valence-electron chi connectivity index (χ0n) is 17.4. The van der Waals surface area contributed by atoms with Gasteiger partial charge in [-0.05, 0) is 75.5 Å².